The summed E-state index contributed by atoms with van der Waals surface area (Å²) in [5, 5.41) is 6.31. The number of rotatable bonds is 3. The second kappa shape index (κ2) is 7.77. The van der Waals surface area contributed by atoms with E-state index in [1.54, 1.807) is 0 Å². The number of alkyl carbamates (subject to hydrolysis) is 1. The van der Waals surface area contributed by atoms with Crippen LogP contribution >= 0.6 is 0 Å². The quantitative estimate of drug-likeness (QED) is 0.504. The number of carbonyl (C=O) groups excluding carboxylic acids is 1. The zero-order chi connectivity index (χ0) is 16.9. The molecular weight excluding hydrogens is 292 g/mol. The Labute approximate surface area is 138 Å². The molecule has 23 heavy (non-hydrogen) atoms. The molecule has 3 atom stereocenters. The SMILES string of the molecule is CC(C)(C)OC(=O)N[C@@H]1CC[C@@H](c2ccccc2)CNC1NN. The monoisotopic (exact) mass is 320 g/mol. The maximum absolute atomic E-state index is 12.0. The summed E-state index contributed by atoms with van der Waals surface area (Å²) in [5.74, 6) is 6.05. The molecule has 2 rings (SSSR count). The summed E-state index contributed by atoms with van der Waals surface area (Å²) in [7, 11) is 0. The molecule has 1 aliphatic rings. The molecule has 1 amide bonds. The van der Waals surface area contributed by atoms with Gasteiger partial charge in [0.1, 0.15) is 5.60 Å². The van der Waals surface area contributed by atoms with Crippen LogP contribution in [0.25, 0.3) is 0 Å². The summed E-state index contributed by atoms with van der Waals surface area (Å²) in [4.78, 5) is 12.0. The number of nitrogens with one attached hydrogen (secondary N) is 3. The second-order valence-electron chi connectivity index (χ2n) is 6.99. The number of hydrazine groups is 1. The Morgan fingerprint density at radius 2 is 1.96 bits per heavy atom. The van der Waals surface area contributed by atoms with Crippen LogP contribution in [0.1, 0.15) is 45.1 Å². The van der Waals surface area contributed by atoms with Crippen LogP contribution < -0.4 is 21.9 Å². The van der Waals surface area contributed by atoms with E-state index in [1.807, 2.05) is 26.8 Å². The van der Waals surface area contributed by atoms with E-state index in [0.717, 1.165) is 19.4 Å². The maximum Gasteiger partial charge on any atom is 0.407 e. The maximum atomic E-state index is 12.0. The van der Waals surface area contributed by atoms with Gasteiger partial charge in [0.25, 0.3) is 0 Å². The van der Waals surface area contributed by atoms with Crippen molar-refractivity contribution in [3.8, 4) is 0 Å². The molecule has 1 aliphatic heterocycles. The third kappa shape index (κ3) is 5.49. The van der Waals surface area contributed by atoms with E-state index in [-0.39, 0.29) is 12.2 Å². The lowest BCUT2D eigenvalue weighted by Gasteiger charge is -2.27. The minimum atomic E-state index is -0.513. The summed E-state index contributed by atoms with van der Waals surface area (Å²) in [6.45, 7) is 6.36. The fourth-order valence-electron chi connectivity index (χ4n) is 2.86. The Morgan fingerprint density at radius 1 is 1.26 bits per heavy atom. The van der Waals surface area contributed by atoms with Gasteiger partial charge in [0, 0.05) is 6.54 Å². The van der Waals surface area contributed by atoms with Gasteiger partial charge in [-0.05, 0) is 45.1 Å². The first kappa shape index (κ1) is 17.7. The number of carbonyl (C=O) groups is 1. The van der Waals surface area contributed by atoms with Gasteiger partial charge in [0.05, 0.1) is 12.2 Å². The molecule has 1 aromatic rings. The Hall–Kier alpha value is -1.63. The first-order valence-corrected chi connectivity index (χ1v) is 8.13. The fraction of sp³-hybridized carbons (Fsp3) is 0.588. The van der Waals surface area contributed by atoms with E-state index in [1.165, 1.54) is 5.56 Å². The molecule has 1 aromatic carbocycles. The highest BCUT2D eigenvalue weighted by Gasteiger charge is 2.29. The van der Waals surface area contributed by atoms with Gasteiger partial charge in [-0.25, -0.2) is 10.2 Å². The lowest BCUT2D eigenvalue weighted by molar-refractivity contribution is 0.0486. The largest absolute Gasteiger partial charge is 0.444 e. The number of benzene rings is 1. The predicted molar refractivity (Wildman–Crippen MR) is 90.7 cm³/mol. The van der Waals surface area contributed by atoms with Gasteiger partial charge in [-0.3, -0.25) is 11.2 Å². The van der Waals surface area contributed by atoms with Crippen molar-refractivity contribution in [3.63, 3.8) is 0 Å². The van der Waals surface area contributed by atoms with Crippen LogP contribution in [0.3, 0.4) is 0 Å². The minimum Gasteiger partial charge on any atom is -0.444 e. The van der Waals surface area contributed by atoms with Gasteiger partial charge in [-0.2, -0.15) is 0 Å². The second-order valence-corrected chi connectivity index (χ2v) is 6.99. The van der Waals surface area contributed by atoms with E-state index in [4.69, 9.17) is 10.6 Å². The van der Waals surface area contributed by atoms with Gasteiger partial charge in [0.2, 0.25) is 0 Å². The first-order chi connectivity index (χ1) is 10.9. The molecule has 0 bridgehead atoms. The lowest BCUT2D eigenvalue weighted by Crippen LogP contribution is -2.59. The molecule has 128 valence electrons. The number of nitrogens with two attached hydrogens (primary N) is 1. The molecule has 0 aliphatic carbocycles. The predicted octanol–water partition coefficient (Wildman–Crippen LogP) is 1.84. The molecular formula is C17H28N4O2. The molecule has 1 saturated heterocycles. The van der Waals surface area contributed by atoms with Crippen LogP contribution in [0.15, 0.2) is 30.3 Å². The topological polar surface area (TPSA) is 88.4 Å². The molecule has 6 heteroatoms. The smallest absolute Gasteiger partial charge is 0.407 e. The van der Waals surface area contributed by atoms with Gasteiger partial charge >= 0.3 is 6.09 Å². The average molecular weight is 320 g/mol. The van der Waals surface area contributed by atoms with Crippen molar-refractivity contribution >= 4 is 6.09 Å². The number of ether oxygens (including phenoxy) is 1. The van der Waals surface area contributed by atoms with Crippen molar-refractivity contribution in [1.29, 1.82) is 0 Å². The summed E-state index contributed by atoms with van der Waals surface area (Å²) in [6, 6.07) is 10.3. The van der Waals surface area contributed by atoms with E-state index in [0.29, 0.717) is 5.92 Å². The summed E-state index contributed by atoms with van der Waals surface area (Å²) < 4.78 is 5.34. The third-order valence-electron chi connectivity index (χ3n) is 3.97. The highest BCUT2D eigenvalue weighted by molar-refractivity contribution is 5.68. The van der Waals surface area contributed by atoms with Gasteiger partial charge < -0.3 is 10.1 Å². The zero-order valence-electron chi connectivity index (χ0n) is 14.1. The van der Waals surface area contributed by atoms with Crippen molar-refractivity contribution in [3.05, 3.63) is 35.9 Å². The van der Waals surface area contributed by atoms with Gasteiger partial charge in [-0.15, -0.1) is 0 Å². The molecule has 0 radical (unpaired) electrons. The highest BCUT2D eigenvalue weighted by Crippen LogP contribution is 2.24. The molecule has 0 saturated carbocycles. The first-order valence-electron chi connectivity index (χ1n) is 8.13. The van der Waals surface area contributed by atoms with Crippen molar-refractivity contribution in [2.24, 2.45) is 5.84 Å². The summed E-state index contributed by atoms with van der Waals surface area (Å²) >= 11 is 0. The third-order valence-corrected chi connectivity index (χ3v) is 3.97. The van der Waals surface area contributed by atoms with Crippen molar-refractivity contribution in [2.75, 3.05) is 6.54 Å². The molecule has 5 N–H and O–H groups in total. The summed E-state index contributed by atoms with van der Waals surface area (Å²) in [6.07, 6.45) is 1.19. The molecule has 6 nitrogen and oxygen atoms in total. The Bertz CT molecular complexity index is 501. The van der Waals surface area contributed by atoms with Crippen molar-refractivity contribution < 1.29 is 9.53 Å². The minimum absolute atomic E-state index is 0.122. The van der Waals surface area contributed by atoms with E-state index >= 15 is 0 Å². The fourth-order valence-corrected chi connectivity index (χ4v) is 2.86. The van der Waals surface area contributed by atoms with Crippen LogP contribution in [-0.2, 0) is 4.74 Å². The van der Waals surface area contributed by atoms with E-state index in [9.17, 15) is 4.79 Å². The van der Waals surface area contributed by atoms with Crippen LogP contribution in [0.5, 0.6) is 0 Å². The molecule has 1 unspecified atom stereocenters. The van der Waals surface area contributed by atoms with Crippen LogP contribution in [0.4, 0.5) is 4.79 Å². The number of amides is 1. The Kier molecular flexibility index (Phi) is 5.98. The number of hydrogen-bond acceptors (Lipinski definition) is 5. The number of hydrogen-bond donors (Lipinski definition) is 4. The van der Waals surface area contributed by atoms with Gasteiger partial charge in [-0.1, -0.05) is 30.3 Å². The molecule has 1 fully saturated rings. The molecule has 1 heterocycles. The highest BCUT2D eigenvalue weighted by atomic mass is 16.6. The lowest BCUT2D eigenvalue weighted by atomic mass is 9.94. The van der Waals surface area contributed by atoms with Gasteiger partial charge in [0.15, 0.2) is 0 Å². The van der Waals surface area contributed by atoms with Crippen molar-refractivity contribution in [2.45, 2.75) is 57.3 Å². The van der Waals surface area contributed by atoms with Crippen LogP contribution in [0.2, 0.25) is 0 Å². The Morgan fingerprint density at radius 3 is 2.57 bits per heavy atom. The molecule has 0 aromatic heterocycles. The normalized spacial score (nSPS) is 25.5. The molecule has 0 spiro atoms. The van der Waals surface area contributed by atoms with Crippen LogP contribution in [-0.4, -0.2) is 30.4 Å². The average Bonchev–Trinajstić information content (AvgIpc) is 2.68. The standard InChI is InChI=1S/C17H28N4O2/c1-17(2,3)23-16(22)20-14-10-9-13(11-19-15(14)21-18)12-7-5-4-6-8-12/h4-8,13-15,19,21H,9-11,18H2,1-3H3,(H,20,22)/t13-,14-,15?/m1/s1. The van der Waals surface area contributed by atoms with E-state index in [2.05, 4.69) is 40.3 Å². The van der Waals surface area contributed by atoms with Crippen LogP contribution in [0, 0.1) is 0 Å². The summed E-state index contributed by atoms with van der Waals surface area (Å²) in [5.41, 5.74) is 3.54. The Balaban J connectivity index is 1.99. The van der Waals surface area contributed by atoms with E-state index < -0.39 is 11.7 Å². The zero-order valence-corrected chi connectivity index (χ0v) is 14.1. The van der Waals surface area contributed by atoms with Crippen molar-refractivity contribution in [1.82, 2.24) is 16.1 Å².